The van der Waals surface area contributed by atoms with Crippen molar-refractivity contribution in [1.29, 1.82) is 0 Å². The third kappa shape index (κ3) is 2.96. The number of piperidine rings is 1. The second kappa shape index (κ2) is 6.35. The van der Waals surface area contributed by atoms with Crippen molar-refractivity contribution in [3.05, 3.63) is 0 Å². The monoisotopic (exact) mass is 298 g/mol. The van der Waals surface area contributed by atoms with Gasteiger partial charge in [-0.25, -0.2) is 0 Å². The number of nitrogens with zero attached hydrogens (tertiary/aromatic N) is 1. The minimum Gasteiger partial charge on any atom is -0.374 e. The summed E-state index contributed by atoms with van der Waals surface area (Å²) in [6.07, 6.45) is 2.60. The summed E-state index contributed by atoms with van der Waals surface area (Å²) in [5.74, 6) is 2.66. The fourth-order valence-corrected chi connectivity index (χ4v) is 4.41. The van der Waals surface area contributed by atoms with Crippen LogP contribution in [0, 0.1) is 11.8 Å². The van der Waals surface area contributed by atoms with Crippen molar-refractivity contribution in [2.45, 2.75) is 25.4 Å². The number of hydrogen-bond donors (Lipinski definition) is 1. The first kappa shape index (κ1) is 14.2. The highest BCUT2D eigenvalue weighted by molar-refractivity contribution is 7.99. The highest BCUT2D eigenvalue weighted by atomic mass is 32.2. The van der Waals surface area contributed by atoms with Crippen LogP contribution >= 0.6 is 11.8 Å². The van der Waals surface area contributed by atoms with Crippen molar-refractivity contribution >= 4 is 23.6 Å². The summed E-state index contributed by atoms with van der Waals surface area (Å²) < 4.78 is 5.76. The summed E-state index contributed by atoms with van der Waals surface area (Å²) >= 11 is 1.94. The molecule has 3 rings (SSSR count). The molecule has 0 spiro atoms. The van der Waals surface area contributed by atoms with Crippen molar-refractivity contribution in [2.75, 3.05) is 37.7 Å². The van der Waals surface area contributed by atoms with Gasteiger partial charge in [0.05, 0.1) is 18.6 Å². The molecule has 0 aromatic rings. The summed E-state index contributed by atoms with van der Waals surface area (Å²) in [5, 5.41) is 2.88. The van der Waals surface area contributed by atoms with E-state index in [0.29, 0.717) is 26.2 Å². The highest BCUT2D eigenvalue weighted by Crippen LogP contribution is 2.28. The van der Waals surface area contributed by atoms with Crippen LogP contribution in [-0.4, -0.2) is 60.6 Å². The van der Waals surface area contributed by atoms with E-state index in [1.54, 1.807) is 0 Å². The van der Waals surface area contributed by atoms with Gasteiger partial charge in [-0.05, 0) is 30.8 Å². The highest BCUT2D eigenvalue weighted by Gasteiger charge is 2.39. The van der Waals surface area contributed by atoms with Gasteiger partial charge < -0.3 is 15.0 Å². The molecule has 0 saturated carbocycles. The maximum atomic E-state index is 12.6. The minimum absolute atomic E-state index is 0.0801. The first-order chi connectivity index (χ1) is 9.75. The number of carbonyl (C=O) groups is 2. The van der Waals surface area contributed by atoms with Gasteiger partial charge in [-0.3, -0.25) is 9.59 Å². The molecule has 0 radical (unpaired) electrons. The van der Waals surface area contributed by atoms with Gasteiger partial charge in [0.1, 0.15) is 0 Å². The number of fused-ring (bicyclic) bond motifs is 1. The second-order valence-corrected chi connectivity index (χ2v) is 6.99. The van der Waals surface area contributed by atoms with Gasteiger partial charge in [0, 0.05) is 25.6 Å². The molecule has 3 aliphatic heterocycles. The SMILES string of the molecule is O=C1NCCO[C@H]2CN(C(=O)C3CCSCC3)CC[C@@H]12. The first-order valence-corrected chi connectivity index (χ1v) is 8.67. The van der Waals surface area contributed by atoms with Crippen molar-refractivity contribution in [1.82, 2.24) is 10.2 Å². The molecule has 0 unspecified atom stereocenters. The minimum atomic E-state index is -0.117. The van der Waals surface area contributed by atoms with Crippen LogP contribution in [-0.2, 0) is 14.3 Å². The van der Waals surface area contributed by atoms with E-state index in [-0.39, 0.29) is 29.8 Å². The molecule has 3 heterocycles. The maximum Gasteiger partial charge on any atom is 0.225 e. The maximum absolute atomic E-state index is 12.6. The first-order valence-electron chi connectivity index (χ1n) is 7.51. The molecule has 6 heteroatoms. The Morgan fingerprint density at radius 1 is 1.30 bits per heavy atom. The average molecular weight is 298 g/mol. The Morgan fingerprint density at radius 3 is 2.90 bits per heavy atom. The van der Waals surface area contributed by atoms with E-state index in [4.69, 9.17) is 4.74 Å². The lowest BCUT2D eigenvalue weighted by Crippen LogP contribution is -2.52. The molecule has 3 fully saturated rings. The standard InChI is InChI=1S/C14H22N2O3S/c17-13-11-1-5-16(9-12(11)19-6-4-15-13)14(18)10-2-7-20-8-3-10/h10-12H,1-9H2,(H,15,17)/t11-,12+/m1/s1. The van der Waals surface area contributed by atoms with Crippen LogP contribution in [0.3, 0.4) is 0 Å². The van der Waals surface area contributed by atoms with Gasteiger partial charge in [-0.1, -0.05) is 0 Å². The molecular formula is C14H22N2O3S. The zero-order valence-electron chi connectivity index (χ0n) is 11.7. The van der Waals surface area contributed by atoms with Crippen molar-refractivity contribution in [3.63, 3.8) is 0 Å². The van der Waals surface area contributed by atoms with Gasteiger partial charge >= 0.3 is 0 Å². The fourth-order valence-electron chi connectivity index (χ4n) is 3.30. The van der Waals surface area contributed by atoms with E-state index in [9.17, 15) is 9.59 Å². The Morgan fingerprint density at radius 2 is 2.10 bits per heavy atom. The summed E-state index contributed by atoms with van der Waals surface area (Å²) in [6.45, 7) is 2.41. The molecule has 2 amide bonds. The Kier molecular flexibility index (Phi) is 4.51. The van der Waals surface area contributed by atoms with Crippen LogP contribution in [0.15, 0.2) is 0 Å². The van der Waals surface area contributed by atoms with E-state index >= 15 is 0 Å². The number of amides is 2. The van der Waals surface area contributed by atoms with Crippen LogP contribution in [0.1, 0.15) is 19.3 Å². The Hall–Kier alpha value is -0.750. The van der Waals surface area contributed by atoms with Gasteiger partial charge in [0.2, 0.25) is 11.8 Å². The van der Waals surface area contributed by atoms with E-state index < -0.39 is 0 Å². The average Bonchev–Trinajstić information content (AvgIpc) is 2.69. The molecule has 0 aromatic carbocycles. The number of rotatable bonds is 1. The van der Waals surface area contributed by atoms with Crippen LogP contribution in [0.4, 0.5) is 0 Å². The number of hydrogen-bond acceptors (Lipinski definition) is 4. The number of ether oxygens (including phenoxy) is 1. The zero-order chi connectivity index (χ0) is 13.9. The normalized spacial score (nSPS) is 32.2. The Bertz CT molecular complexity index is 385. The molecule has 5 nitrogen and oxygen atoms in total. The van der Waals surface area contributed by atoms with Gasteiger partial charge in [-0.15, -0.1) is 0 Å². The summed E-state index contributed by atoms with van der Waals surface area (Å²) in [4.78, 5) is 26.4. The van der Waals surface area contributed by atoms with Crippen LogP contribution in [0.2, 0.25) is 0 Å². The van der Waals surface area contributed by atoms with Crippen LogP contribution in [0.25, 0.3) is 0 Å². The van der Waals surface area contributed by atoms with Crippen molar-refractivity contribution < 1.29 is 14.3 Å². The lowest BCUT2D eigenvalue weighted by atomic mass is 9.91. The topological polar surface area (TPSA) is 58.6 Å². The number of carbonyl (C=O) groups excluding carboxylic acids is 2. The third-order valence-electron chi connectivity index (χ3n) is 4.51. The molecule has 0 bridgehead atoms. The van der Waals surface area contributed by atoms with Gasteiger partial charge in [-0.2, -0.15) is 11.8 Å². The molecule has 0 aromatic heterocycles. The molecule has 3 aliphatic rings. The number of thioether (sulfide) groups is 1. The molecular weight excluding hydrogens is 276 g/mol. The van der Waals surface area contributed by atoms with Crippen LogP contribution in [0.5, 0.6) is 0 Å². The second-order valence-electron chi connectivity index (χ2n) is 5.77. The van der Waals surface area contributed by atoms with E-state index in [1.807, 2.05) is 16.7 Å². The Balaban J connectivity index is 1.62. The lowest BCUT2D eigenvalue weighted by molar-refractivity contribution is -0.145. The molecule has 20 heavy (non-hydrogen) atoms. The van der Waals surface area contributed by atoms with Gasteiger partial charge in [0.25, 0.3) is 0 Å². The number of nitrogens with one attached hydrogen (secondary N) is 1. The summed E-state index contributed by atoms with van der Waals surface area (Å²) in [6, 6.07) is 0. The van der Waals surface area contributed by atoms with E-state index in [0.717, 1.165) is 30.8 Å². The number of likely N-dealkylation sites (tertiary alicyclic amines) is 1. The predicted molar refractivity (Wildman–Crippen MR) is 77.5 cm³/mol. The van der Waals surface area contributed by atoms with Crippen molar-refractivity contribution in [3.8, 4) is 0 Å². The smallest absolute Gasteiger partial charge is 0.225 e. The lowest BCUT2D eigenvalue weighted by Gasteiger charge is -2.38. The molecule has 0 aliphatic carbocycles. The van der Waals surface area contributed by atoms with E-state index in [2.05, 4.69) is 5.32 Å². The van der Waals surface area contributed by atoms with E-state index in [1.165, 1.54) is 0 Å². The largest absolute Gasteiger partial charge is 0.374 e. The van der Waals surface area contributed by atoms with Crippen LogP contribution < -0.4 is 5.32 Å². The summed E-state index contributed by atoms with van der Waals surface area (Å²) in [7, 11) is 0. The van der Waals surface area contributed by atoms with Crippen molar-refractivity contribution in [2.24, 2.45) is 11.8 Å². The quantitative estimate of drug-likeness (QED) is 0.765. The molecule has 2 atom stereocenters. The molecule has 1 N–H and O–H groups in total. The third-order valence-corrected chi connectivity index (χ3v) is 5.56. The zero-order valence-corrected chi connectivity index (χ0v) is 12.5. The fraction of sp³-hybridized carbons (Fsp3) is 0.857. The molecule has 3 saturated heterocycles. The Labute approximate surface area is 123 Å². The summed E-state index contributed by atoms with van der Waals surface area (Å²) in [5.41, 5.74) is 0. The molecule has 112 valence electrons. The predicted octanol–water partition coefficient (Wildman–Crippen LogP) is 0.493. The van der Waals surface area contributed by atoms with Gasteiger partial charge in [0.15, 0.2) is 0 Å².